The molecular weight excluding hydrogens is 415 g/mol. The Labute approximate surface area is 179 Å². The Kier molecular flexibility index (Phi) is 7.20. The summed E-state index contributed by atoms with van der Waals surface area (Å²) in [7, 11) is 1.81. The fourth-order valence-corrected chi connectivity index (χ4v) is 4.40. The molecule has 3 atom stereocenters. The van der Waals surface area contributed by atoms with Gasteiger partial charge in [-0.1, -0.05) is 6.07 Å². The van der Waals surface area contributed by atoms with E-state index in [4.69, 9.17) is 14.6 Å². The molecule has 172 valence electrons. The molecule has 1 aromatic heterocycles. The van der Waals surface area contributed by atoms with Crippen LogP contribution in [0.2, 0.25) is 0 Å². The molecule has 3 heterocycles. The van der Waals surface area contributed by atoms with E-state index in [2.05, 4.69) is 14.8 Å². The minimum Gasteiger partial charge on any atom is -0.475 e. The summed E-state index contributed by atoms with van der Waals surface area (Å²) in [6.45, 7) is 5.94. The molecule has 0 spiro atoms. The smallest absolute Gasteiger partial charge is 0.475 e. The summed E-state index contributed by atoms with van der Waals surface area (Å²) in [5.41, 5.74) is 1.47. The van der Waals surface area contributed by atoms with Gasteiger partial charge in [-0.3, -0.25) is 4.79 Å². The molecule has 7 nitrogen and oxygen atoms in total. The van der Waals surface area contributed by atoms with Gasteiger partial charge in [0.1, 0.15) is 5.69 Å². The minimum absolute atomic E-state index is 0.0801. The highest BCUT2D eigenvalue weighted by Crippen LogP contribution is 2.36. The van der Waals surface area contributed by atoms with Gasteiger partial charge < -0.3 is 19.6 Å². The molecule has 1 saturated carbocycles. The number of nitrogens with zero attached hydrogens (tertiary/aromatic N) is 3. The number of aliphatic carboxylic acids is 1. The number of pyridine rings is 1. The van der Waals surface area contributed by atoms with Gasteiger partial charge in [-0.15, -0.1) is 0 Å². The normalized spacial score (nSPS) is 26.1. The van der Waals surface area contributed by atoms with Crippen LogP contribution in [0.1, 0.15) is 35.4 Å². The van der Waals surface area contributed by atoms with E-state index in [0.717, 1.165) is 37.7 Å². The lowest BCUT2D eigenvalue weighted by Gasteiger charge is -2.41. The summed E-state index contributed by atoms with van der Waals surface area (Å²) in [5, 5.41) is 7.12. The lowest BCUT2D eigenvalue weighted by molar-refractivity contribution is -0.192. The summed E-state index contributed by atoms with van der Waals surface area (Å²) in [6.07, 6.45) is -1.15. The molecule has 0 bridgehead atoms. The molecular formula is C21H28F3N3O4. The van der Waals surface area contributed by atoms with Crippen LogP contribution in [-0.4, -0.2) is 83.4 Å². The van der Waals surface area contributed by atoms with Crippen molar-refractivity contribution in [2.75, 3.05) is 33.3 Å². The highest BCUT2D eigenvalue weighted by atomic mass is 19.4. The number of likely N-dealkylation sites (tertiary alicyclic amines) is 2. The van der Waals surface area contributed by atoms with Crippen LogP contribution in [0.25, 0.3) is 0 Å². The zero-order valence-electron chi connectivity index (χ0n) is 17.6. The first-order valence-electron chi connectivity index (χ1n) is 10.4. The van der Waals surface area contributed by atoms with Gasteiger partial charge in [0.15, 0.2) is 0 Å². The van der Waals surface area contributed by atoms with Crippen molar-refractivity contribution >= 4 is 11.9 Å². The number of fused-ring (bicyclic) bond motifs is 1. The molecule has 1 amide bonds. The van der Waals surface area contributed by atoms with Gasteiger partial charge in [-0.2, -0.15) is 13.2 Å². The first-order chi connectivity index (χ1) is 14.6. The molecule has 1 N–H and O–H groups in total. The van der Waals surface area contributed by atoms with E-state index in [9.17, 15) is 18.0 Å². The second-order valence-corrected chi connectivity index (χ2v) is 8.42. The molecule has 2 aliphatic heterocycles. The maximum atomic E-state index is 13.0. The van der Waals surface area contributed by atoms with Gasteiger partial charge in [0.2, 0.25) is 0 Å². The monoisotopic (exact) mass is 443 g/mol. The van der Waals surface area contributed by atoms with Gasteiger partial charge in [-0.05, 0) is 44.2 Å². The van der Waals surface area contributed by atoms with E-state index in [-0.39, 0.29) is 18.1 Å². The summed E-state index contributed by atoms with van der Waals surface area (Å²) < 4.78 is 37.5. The highest BCUT2D eigenvalue weighted by molar-refractivity contribution is 5.92. The first-order valence-corrected chi connectivity index (χ1v) is 10.4. The van der Waals surface area contributed by atoms with Crippen LogP contribution in [0.5, 0.6) is 0 Å². The molecule has 3 aliphatic rings. The molecule has 1 aliphatic carbocycles. The SMILES string of the molecule is CO[C@H]1CCN(C(=O)c2cccc(C)n2)[C@@H]2CN(CC3CC3)C[C@H]12.O=C(O)C(F)(F)F. The van der Waals surface area contributed by atoms with Crippen LogP contribution in [0, 0.1) is 18.8 Å². The zero-order chi connectivity index (χ0) is 22.8. The Morgan fingerprint density at radius 3 is 2.45 bits per heavy atom. The number of aromatic nitrogens is 1. The third kappa shape index (κ3) is 5.94. The van der Waals surface area contributed by atoms with Crippen LogP contribution in [0.3, 0.4) is 0 Å². The fraction of sp³-hybridized carbons (Fsp3) is 0.667. The van der Waals surface area contributed by atoms with Crippen LogP contribution in [0.15, 0.2) is 18.2 Å². The summed E-state index contributed by atoms with van der Waals surface area (Å²) >= 11 is 0. The van der Waals surface area contributed by atoms with Gasteiger partial charge in [0, 0.05) is 44.9 Å². The number of carbonyl (C=O) groups is 2. The Hall–Kier alpha value is -2.20. The third-order valence-electron chi connectivity index (χ3n) is 6.07. The number of piperidine rings is 1. The summed E-state index contributed by atoms with van der Waals surface area (Å²) in [4.78, 5) is 31.0. The minimum atomic E-state index is -5.08. The average molecular weight is 443 g/mol. The highest BCUT2D eigenvalue weighted by Gasteiger charge is 2.47. The summed E-state index contributed by atoms with van der Waals surface area (Å²) in [5.74, 6) is -1.37. The number of methoxy groups -OCH3 is 1. The van der Waals surface area contributed by atoms with Crippen molar-refractivity contribution in [1.82, 2.24) is 14.8 Å². The second-order valence-electron chi connectivity index (χ2n) is 8.42. The third-order valence-corrected chi connectivity index (χ3v) is 6.07. The Bertz CT molecular complexity index is 800. The molecule has 0 radical (unpaired) electrons. The van der Waals surface area contributed by atoms with Gasteiger partial charge in [0.05, 0.1) is 12.1 Å². The number of amides is 1. The quantitative estimate of drug-likeness (QED) is 0.770. The van der Waals surface area contributed by atoms with Crippen LogP contribution < -0.4 is 0 Å². The Balaban J connectivity index is 0.000000339. The number of alkyl halides is 3. The predicted octanol–water partition coefficient (Wildman–Crippen LogP) is 2.59. The predicted molar refractivity (Wildman–Crippen MR) is 106 cm³/mol. The number of rotatable bonds is 4. The van der Waals surface area contributed by atoms with E-state index in [1.165, 1.54) is 19.4 Å². The topological polar surface area (TPSA) is 83.0 Å². The number of hydrogen-bond acceptors (Lipinski definition) is 5. The van der Waals surface area contributed by atoms with Crippen molar-refractivity contribution in [1.29, 1.82) is 0 Å². The van der Waals surface area contributed by atoms with Crippen LogP contribution >= 0.6 is 0 Å². The number of carbonyl (C=O) groups excluding carboxylic acids is 1. The first kappa shape index (κ1) is 23.5. The van der Waals surface area contributed by atoms with E-state index < -0.39 is 12.1 Å². The molecule has 0 unspecified atom stereocenters. The van der Waals surface area contributed by atoms with Crippen LogP contribution in [0.4, 0.5) is 13.2 Å². The molecule has 1 aromatic rings. The Morgan fingerprint density at radius 1 is 1.23 bits per heavy atom. The van der Waals surface area contributed by atoms with E-state index >= 15 is 0 Å². The lowest BCUT2D eigenvalue weighted by Crippen LogP contribution is -2.53. The number of hydrogen-bond donors (Lipinski definition) is 1. The van der Waals surface area contributed by atoms with Crippen molar-refractivity contribution in [2.24, 2.45) is 11.8 Å². The van der Waals surface area contributed by atoms with Gasteiger partial charge in [0.25, 0.3) is 5.91 Å². The van der Waals surface area contributed by atoms with Gasteiger partial charge >= 0.3 is 12.1 Å². The van der Waals surface area contributed by atoms with E-state index in [0.29, 0.717) is 11.6 Å². The van der Waals surface area contributed by atoms with Crippen molar-refractivity contribution in [3.05, 3.63) is 29.6 Å². The molecule has 0 aromatic carbocycles. The average Bonchev–Trinajstić information content (AvgIpc) is 3.42. The molecule has 10 heteroatoms. The number of halogens is 3. The molecule has 4 rings (SSSR count). The van der Waals surface area contributed by atoms with Crippen molar-refractivity contribution in [2.45, 2.75) is 44.5 Å². The number of ether oxygens (including phenoxy) is 1. The maximum absolute atomic E-state index is 13.0. The van der Waals surface area contributed by atoms with Crippen LogP contribution in [-0.2, 0) is 9.53 Å². The van der Waals surface area contributed by atoms with Crippen molar-refractivity contribution in [3.8, 4) is 0 Å². The van der Waals surface area contributed by atoms with Crippen molar-refractivity contribution in [3.63, 3.8) is 0 Å². The number of carboxylic acid groups (broad SMARTS) is 1. The second kappa shape index (κ2) is 9.52. The standard InChI is InChI=1S/C19H27N3O2.C2HF3O2/c1-13-4-3-5-16(20-13)19(23)22-9-8-18(24-2)15-11-21(12-17(15)22)10-14-6-7-14;3-2(4,5)1(6)7/h3-5,14-15,17-18H,6-12H2,1-2H3;(H,6,7)/t15-,17+,18-;/m0./s1. The summed E-state index contributed by atoms with van der Waals surface area (Å²) in [6, 6.07) is 5.95. The molecule has 2 saturated heterocycles. The Morgan fingerprint density at radius 2 is 1.90 bits per heavy atom. The fourth-order valence-electron chi connectivity index (χ4n) is 4.40. The largest absolute Gasteiger partial charge is 0.490 e. The van der Waals surface area contributed by atoms with E-state index in [1.807, 2.05) is 32.2 Å². The number of aryl methyl sites for hydroxylation is 1. The van der Waals surface area contributed by atoms with Gasteiger partial charge in [-0.25, -0.2) is 9.78 Å². The lowest BCUT2D eigenvalue weighted by atomic mass is 9.88. The van der Waals surface area contributed by atoms with Crippen molar-refractivity contribution < 1.29 is 32.6 Å². The maximum Gasteiger partial charge on any atom is 0.490 e. The molecule has 3 fully saturated rings. The zero-order valence-corrected chi connectivity index (χ0v) is 17.6. The number of carboxylic acids is 1. The molecule has 31 heavy (non-hydrogen) atoms. The van der Waals surface area contributed by atoms with E-state index in [1.54, 1.807) is 0 Å².